The van der Waals surface area contributed by atoms with Crippen LogP contribution < -0.4 is 9.47 Å². The van der Waals surface area contributed by atoms with Crippen LogP contribution in [-0.4, -0.2) is 44.9 Å². The highest BCUT2D eigenvalue weighted by Gasteiger charge is 2.15. The number of carbonyl (C=O) groups is 1. The van der Waals surface area contributed by atoms with Crippen molar-refractivity contribution < 1.29 is 19.0 Å². The summed E-state index contributed by atoms with van der Waals surface area (Å²) in [5, 5.41) is 0. The first-order valence-electron chi connectivity index (χ1n) is 11.7. The van der Waals surface area contributed by atoms with Crippen LogP contribution in [0.5, 0.6) is 11.5 Å². The van der Waals surface area contributed by atoms with E-state index in [0.717, 1.165) is 41.0 Å². The Morgan fingerprint density at radius 2 is 1.60 bits per heavy atom. The largest absolute Gasteiger partial charge is 0.514 e. The molecule has 0 N–H and O–H groups in total. The summed E-state index contributed by atoms with van der Waals surface area (Å²) in [5.74, 6) is 1.25. The summed E-state index contributed by atoms with van der Waals surface area (Å²) >= 11 is 0. The van der Waals surface area contributed by atoms with Crippen LogP contribution in [0.25, 0.3) is 11.1 Å². The topological polar surface area (TPSA) is 48.0 Å². The van der Waals surface area contributed by atoms with Gasteiger partial charge in [-0.3, -0.25) is 0 Å². The fourth-order valence-electron chi connectivity index (χ4n) is 3.71. The Bertz CT molecular complexity index is 1130. The normalized spacial score (nSPS) is 11.5. The van der Waals surface area contributed by atoms with Gasteiger partial charge in [0.2, 0.25) is 0 Å². The molecule has 0 fully saturated rings. The van der Waals surface area contributed by atoms with Crippen molar-refractivity contribution in [3.63, 3.8) is 0 Å². The zero-order valence-corrected chi connectivity index (χ0v) is 20.7. The summed E-state index contributed by atoms with van der Waals surface area (Å²) in [5.41, 5.74) is 5.41. The van der Waals surface area contributed by atoms with Crippen molar-refractivity contribution >= 4 is 17.3 Å². The Morgan fingerprint density at radius 1 is 0.886 bits per heavy atom. The van der Waals surface area contributed by atoms with E-state index in [4.69, 9.17) is 14.2 Å². The molecule has 0 radical (unpaired) electrons. The fraction of sp³-hybridized carbons (Fsp3) is 0.233. The van der Waals surface area contributed by atoms with Gasteiger partial charge in [-0.25, -0.2) is 4.79 Å². The first-order chi connectivity index (χ1) is 17.0. The van der Waals surface area contributed by atoms with Crippen molar-refractivity contribution in [3.05, 3.63) is 108 Å². The lowest BCUT2D eigenvalue weighted by Crippen LogP contribution is -2.19. The fourth-order valence-corrected chi connectivity index (χ4v) is 3.71. The second kappa shape index (κ2) is 13.2. The quantitative estimate of drug-likeness (QED) is 0.135. The van der Waals surface area contributed by atoms with E-state index in [-0.39, 0.29) is 6.61 Å². The molecule has 0 amide bonds. The first kappa shape index (κ1) is 25.8. The molecule has 5 heteroatoms. The second-order valence-electron chi connectivity index (χ2n) is 8.23. The summed E-state index contributed by atoms with van der Waals surface area (Å²) in [4.78, 5) is 14.1. The number of carbonyl (C=O) groups excluding carboxylic acids is 1. The molecule has 5 nitrogen and oxygen atoms in total. The van der Waals surface area contributed by atoms with E-state index in [1.165, 1.54) is 11.6 Å². The third-order valence-electron chi connectivity index (χ3n) is 5.37. The molecule has 0 aliphatic carbocycles. The SMILES string of the molecule is C=CCOC(=O)Oc1cccc(/C(=C(\CC)c2ccccc2)c2ccc(OCCN(C)C)cc2)c1. The average Bonchev–Trinajstić information content (AvgIpc) is 2.87. The lowest BCUT2D eigenvalue weighted by molar-refractivity contribution is 0.109. The van der Waals surface area contributed by atoms with Gasteiger partial charge in [-0.2, -0.15) is 0 Å². The molecule has 3 aromatic carbocycles. The minimum absolute atomic E-state index is 0.0978. The predicted molar refractivity (Wildman–Crippen MR) is 142 cm³/mol. The van der Waals surface area contributed by atoms with Gasteiger partial charge < -0.3 is 19.1 Å². The predicted octanol–water partition coefficient (Wildman–Crippen LogP) is 6.70. The Labute approximate surface area is 208 Å². The number of nitrogens with zero attached hydrogens (tertiary/aromatic N) is 1. The maximum Gasteiger partial charge on any atom is 0.514 e. The van der Waals surface area contributed by atoms with Crippen LogP contribution in [0, 0.1) is 0 Å². The third kappa shape index (κ3) is 7.59. The van der Waals surface area contributed by atoms with Crippen LogP contribution in [0.1, 0.15) is 30.0 Å². The molecule has 0 saturated heterocycles. The molecule has 0 saturated carbocycles. The summed E-state index contributed by atoms with van der Waals surface area (Å²) in [6.07, 6.45) is 1.57. The first-order valence-corrected chi connectivity index (χ1v) is 11.7. The highest BCUT2D eigenvalue weighted by molar-refractivity contribution is 5.98. The maximum atomic E-state index is 12.0. The average molecular weight is 472 g/mol. The smallest absolute Gasteiger partial charge is 0.492 e. The van der Waals surface area contributed by atoms with Crippen molar-refractivity contribution in [2.75, 3.05) is 33.9 Å². The molecular formula is C30H33NO4. The number of allylic oxidation sites excluding steroid dienone is 1. The molecule has 35 heavy (non-hydrogen) atoms. The molecule has 0 bridgehead atoms. The highest BCUT2D eigenvalue weighted by atomic mass is 16.7. The third-order valence-corrected chi connectivity index (χ3v) is 5.37. The van der Waals surface area contributed by atoms with Crippen LogP contribution in [0.15, 0.2) is 91.5 Å². The van der Waals surface area contributed by atoms with Gasteiger partial charge in [-0.15, -0.1) is 0 Å². The zero-order valence-electron chi connectivity index (χ0n) is 20.7. The summed E-state index contributed by atoms with van der Waals surface area (Å²) in [6.45, 7) is 7.27. The van der Waals surface area contributed by atoms with E-state index in [0.29, 0.717) is 12.4 Å². The molecule has 0 unspecified atom stereocenters. The molecule has 0 spiro atoms. The van der Waals surface area contributed by atoms with Crippen LogP contribution in [0.3, 0.4) is 0 Å². The lowest BCUT2D eigenvalue weighted by Gasteiger charge is -2.18. The molecule has 182 valence electrons. The Hall–Kier alpha value is -3.83. The van der Waals surface area contributed by atoms with Crippen LogP contribution in [0.4, 0.5) is 4.79 Å². The van der Waals surface area contributed by atoms with E-state index in [9.17, 15) is 4.79 Å². The van der Waals surface area contributed by atoms with E-state index < -0.39 is 6.16 Å². The van der Waals surface area contributed by atoms with Crippen molar-refractivity contribution in [3.8, 4) is 11.5 Å². The molecule has 3 aromatic rings. The van der Waals surface area contributed by atoms with E-state index in [2.05, 4.69) is 42.7 Å². The number of hydrogen-bond donors (Lipinski definition) is 0. The molecule has 0 heterocycles. The number of ether oxygens (including phenoxy) is 3. The number of hydrogen-bond acceptors (Lipinski definition) is 5. The van der Waals surface area contributed by atoms with Gasteiger partial charge in [0.25, 0.3) is 0 Å². The molecule has 3 rings (SSSR count). The Morgan fingerprint density at radius 3 is 2.26 bits per heavy atom. The molecule has 0 aliphatic heterocycles. The molecule has 0 aromatic heterocycles. The number of rotatable bonds is 11. The monoisotopic (exact) mass is 471 g/mol. The van der Waals surface area contributed by atoms with E-state index in [1.54, 1.807) is 6.07 Å². The summed E-state index contributed by atoms with van der Waals surface area (Å²) < 4.78 is 16.2. The summed E-state index contributed by atoms with van der Waals surface area (Å²) in [6, 6.07) is 26.0. The minimum Gasteiger partial charge on any atom is -0.492 e. The van der Waals surface area contributed by atoms with Gasteiger partial charge >= 0.3 is 6.16 Å². The van der Waals surface area contributed by atoms with Crippen LogP contribution in [0.2, 0.25) is 0 Å². The minimum atomic E-state index is -0.759. The van der Waals surface area contributed by atoms with Crippen molar-refractivity contribution in [2.24, 2.45) is 0 Å². The maximum absolute atomic E-state index is 12.0. The van der Waals surface area contributed by atoms with Gasteiger partial charge in [-0.05, 0) is 72.6 Å². The Balaban J connectivity index is 2.01. The molecule has 0 atom stereocenters. The highest BCUT2D eigenvalue weighted by Crippen LogP contribution is 2.36. The van der Waals surface area contributed by atoms with Gasteiger partial charge in [0.15, 0.2) is 0 Å². The number of likely N-dealkylation sites (N-methyl/N-ethyl adjacent to an activating group) is 1. The molecule has 0 aliphatic rings. The van der Waals surface area contributed by atoms with Gasteiger partial charge in [0, 0.05) is 6.54 Å². The van der Waals surface area contributed by atoms with Crippen molar-refractivity contribution in [1.82, 2.24) is 4.90 Å². The van der Waals surface area contributed by atoms with Crippen molar-refractivity contribution in [1.29, 1.82) is 0 Å². The molecular weight excluding hydrogens is 438 g/mol. The van der Waals surface area contributed by atoms with Crippen molar-refractivity contribution in [2.45, 2.75) is 13.3 Å². The summed E-state index contributed by atoms with van der Waals surface area (Å²) in [7, 11) is 4.05. The van der Waals surface area contributed by atoms with Gasteiger partial charge in [-0.1, -0.05) is 74.2 Å². The van der Waals surface area contributed by atoms with Gasteiger partial charge in [0.1, 0.15) is 24.7 Å². The lowest BCUT2D eigenvalue weighted by atomic mass is 9.88. The Kier molecular flexibility index (Phi) is 9.69. The number of benzene rings is 3. The zero-order chi connectivity index (χ0) is 25.0. The van der Waals surface area contributed by atoms with E-state index in [1.807, 2.05) is 62.6 Å². The van der Waals surface area contributed by atoms with Crippen LogP contribution >= 0.6 is 0 Å². The standard InChI is InChI=1S/C30H33NO4/c1-5-20-34-30(32)35-27-14-10-13-25(22-27)29(28(6-2)23-11-8-7-9-12-23)24-15-17-26(18-16-24)33-21-19-31(3)4/h5,7-18,22H,1,6,19-21H2,2-4H3/b29-28+. The second-order valence-corrected chi connectivity index (χ2v) is 8.23. The van der Waals surface area contributed by atoms with E-state index >= 15 is 0 Å². The van der Waals surface area contributed by atoms with Gasteiger partial charge in [0.05, 0.1) is 0 Å². The van der Waals surface area contributed by atoms with Crippen LogP contribution in [-0.2, 0) is 4.74 Å².